The van der Waals surface area contributed by atoms with Crippen LogP contribution in [0, 0.1) is 11.3 Å². The first-order valence-electron chi connectivity index (χ1n) is 6.59. The summed E-state index contributed by atoms with van der Waals surface area (Å²) in [5, 5.41) is 19.5. The number of carbonyl (C=O) groups excluding carboxylic acids is 1. The van der Waals surface area contributed by atoms with E-state index in [0.717, 1.165) is 0 Å². The van der Waals surface area contributed by atoms with Crippen LogP contribution in [0.2, 0.25) is 0 Å². The fraction of sp³-hybridized carbons (Fsp3) is 0. The number of furan rings is 1. The zero-order valence-corrected chi connectivity index (χ0v) is 12.6. The highest BCUT2D eigenvalue weighted by Crippen LogP contribution is 2.22. The van der Waals surface area contributed by atoms with Crippen molar-refractivity contribution in [1.82, 2.24) is 10.2 Å². The maximum Gasteiger partial charge on any atom is 0.258 e. The second kappa shape index (κ2) is 6.68. The molecule has 0 spiro atoms. The molecule has 0 aliphatic carbocycles. The molecule has 1 amide bonds. The second-order valence-corrected chi connectivity index (χ2v) is 5.29. The van der Waals surface area contributed by atoms with Crippen LogP contribution in [-0.4, -0.2) is 16.1 Å². The van der Waals surface area contributed by atoms with E-state index in [1.807, 2.05) is 6.07 Å². The Morgan fingerprint density at radius 3 is 2.74 bits per heavy atom. The van der Waals surface area contributed by atoms with E-state index in [0.29, 0.717) is 27.6 Å². The topological polar surface area (TPSA) is 91.8 Å². The van der Waals surface area contributed by atoms with Gasteiger partial charge in [0.1, 0.15) is 11.3 Å². The van der Waals surface area contributed by atoms with Crippen LogP contribution in [0.25, 0.3) is 11.6 Å². The van der Waals surface area contributed by atoms with E-state index in [-0.39, 0.29) is 5.91 Å². The maximum atomic E-state index is 12.5. The van der Waals surface area contributed by atoms with Crippen LogP contribution in [0.5, 0.6) is 0 Å². The molecule has 0 saturated carbocycles. The smallest absolute Gasteiger partial charge is 0.258 e. The Morgan fingerprint density at radius 1 is 1.30 bits per heavy atom. The van der Waals surface area contributed by atoms with Crippen LogP contribution in [0.15, 0.2) is 52.6 Å². The molecule has 6 nitrogen and oxygen atoms in total. The Kier molecular flexibility index (Phi) is 4.27. The third-order valence-electron chi connectivity index (χ3n) is 2.98. The number of hydrogen-bond acceptors (Lipinski definition) is 6. The summed E-state index contributed by atoms with van der Waals surface area (Å²) in [6, 6.07) is 12.3. The number of nitriles is 1. The summed E-state index contributed by atoms with van der Waals surface area (Å²) in [7, 11) is 0. The van der Waals surface area contributed by atoms with E-state index in [1.54, 1.807) is 42.5 Å². The number of benzene rings is 1. The van der Waals surface area contributed by atoms with Crippen molar-refractivity contribution in [2.45, 2.75) is 0 Å². The Morgan fingerprint density at radius 2 is 2.13 bits per heavy atom. The Balaban J connectivity index is 1.96. The van der Waals surface area contributed by atoms with Gasteiger partial charge in [0.05, 0.1) is 23.5 Å². The molecule has 3 rings (SSSR count). The van der Waals surface area contributed by atoms with E-state index in [2.05, 4.69) is 15.5 Å². The molecule has 1 N–H and O–H groups in total. The first kappa shape index (κ1) is 14.7. The van der Waals surface area contributed by atoms with E-state index in [1.165, 1.54) is 23.1 Å². The molecule has 3 aromatic rings. The van der Waals surface area contributed by atoms with E-state index in [4.69, 9.17) is 9.68 Å². The predicted molar refractivity (Wildman–Crippen MR) is 86.3 cm³/mol. The molecule has 0 bridgehead atoms. The van der Waals surface area contributed by atoms with Crippen LogP contribution in [-0.2, 0) is 4.79 Å². The van der Waals surface area contributed by atoms with Crippen LogP contribution in [0.3, 0.4) is 0 Å². The van der Waals surface area contributed by atoms with E-state index in [9.17, 15) is 4.79 Å². The summed E-state index contributed by atoms with van der Waals surface area (Å²) in [4.78, 5) is 12.5. The van der Waals surface area contributed by atoms with Gasteiger partial charge in [0.2, 0.25) is 5.13 Å². The fourth-order valence-electron chi connectivity index (χ4n) is 1.91. The molecule has 23 heavy (non-hydrogen) atoms. The first-order valence-corrected chi connectivity index (χ1v) is 7.47. The van der Waals surface area contributed by atoms with Gasteiger partial charge >= 0.3 is 0 Å². The zero-order chi connectivity index (χ0) is 16.1. The largest absolute Gasteiger partial charge is 0.465 e. The summed E-state index contributed by atoms with van der Waals surface area (Å²) >= 11 is 1.23. The van der Waals surface area contributed by atoms with Gasteiger partial charge in [-0.3, -0.25) is 10.1 Å². The third kappa shape index (κ3) is 3.51. The molecule has 0 unspecified atom stereocenters. The number of nitrogens with one attached hydrogen (secondary N) is 1. The molecule has 112 valence electrons. The lowest BCUT2D eigenvalue weighted by Gasteiger charge is -2.07. The van der Waals surface area contributed by atoms with Gasteiger partial charge in [-0.15, -0.1) is 10.2 Å². The Labute approximate surface area is 135 Å². The lowest BCUT2D eigenvalue weighted by atomic mass is 10.0. The molecule has 0 saturated heterocycles. The Bertz CT molecular complexity index is 860. The summed E-state index contributed by atoms with van der Waals surface area (Å²) in [5.74, 6) is 0.222. The van der Waals surface area contributed by atoms with Crippen molar-refractivity contribution in [1.29, 1.82) is 5.26 Å². The minimum absolute atomic E-state index is 0.331. The van der Waals surface area contributed by atoms with Gasteiger partial charge < -0.3 is 4.42 Å². The molecule has 0 fully saturated rings. The zero-order valence-electron chi connectivity index (χ0n) is 11.8. The summed E-state index contributed by atoms with van der Waals surface area (Å²) in [6.45, 7) is 0. The van der Waals surface area contributed by atoms with Gasteiger partial charge in [-0.1, -0.05) is 23.5 Å². The molecule has 7 heteroatoms. The van der Waals surface area contributed by atoms with Crippen molar-refractivity contribution in [2.24, 2.45) is 0 Å². The van der Waals surface area contributed by atoms with Crippen molar-refractivity contribution in [3.05, 3.63) is 65.1 Å². The number of nitrogens with zero attached hydrogens (tertiary/aromatic N) is 3. The number of hydrogen-bond donors (Lipinski definition) is 1. The average Bonchev–Trinajstić information content (AvgIpc) is 3.26. The van der Waals surface area contributed by atoms with Gasteiger partial charge in [0, 0.05) is 0 Å². The summed E-state index contributed by atoms with van der Waals surface area (Å²) < 4.78 is 5.28. The second-order valence-electron chi connectivity index (χ2n) is 4.46. The molecule has 0 atom stereocenters. The molecular weight excluding hydrogens is 312 g/mol. The number of carbonyl (C=O) groups is 1. The highest BCUT2D eigenvalue weighted by Gasteiger charge is 2.14. The van der Waals surface area contributed by atoms with Crippen molar-refractivity contribution < 1.29 is 9.21 Å². The quantitative estimate of drug-likeness (QED) is 0.745. The van der Waals surface area contributed by atoms with Gasteiger partial charge in [0.25, 0.3) is 5.91 Å². The first-order chi connectivity index (χ1) is 11.3. The highest BCUT2D eigenvalue weighted by atomic mass is 32.1. The van der Waals surface area contributed by atoms with Crippen LogP contribution < -0.4 is 5.32 Å². The highest BCUT2D eigenvalue weighted by molar-refractivity contribution is 7.13. The molecule has 2 aromatic heterocycles. The van der Waals surface area contributed by atoms with Crippen LogP contribution >= 0.6 is 11.3 Å². The number of amides is 1. The van der Waals surface area contributed by atoms with Gasteiger partial charge in [-0.2, -0.15) is 5.26 Å². The molecule has 0 aliphatic rings. The summed E-state index contributed by atoms with van der Waals surface area (Å²) in [6.07, 6.45) is 3.17. The predicted octanol–water partition coefficient (Wildman–Crippen LogP) is 3.18. The van der Waals surface area contributed by atoms with Gasteiger partial charge in [-0.25, -0.2) is 0 Å². The minimum Gasteiger partial charge on any atom is -0.465 e. The Hall–Kier alpha value is -3.24. The molecule has 0 radical (unpaired) electrons. The maximum absolute atomic E-state index is 12.5. The number of aromatic nitrogens is 2. The van der Waals surface area contributed by atoms with Crippen LogP contribution in [0.1, 0.15) is 16.9 Å². The van der Waals surface area contributed by atoms with Crippen molar-refractivity contribution >= 4 is 34.0 Å². The van der Waals surface area contributed by atoms with Gasteiger partial charge in [0.15, 0.2) is 0 Å². The van der Waals surface area contributed by atoms with Crippen LogP contribution in [0.4, 0.5) is 5.13 Å². The van der Waals surface area contributed by atoms with Crippen molar-refractivity contribution in [3.8, 4) is 6.07 Å². The van der Waals surface area contributed by atoms with E-state index < -0.39 is 0 Å². The number of rotatable bonds is 4. The normalized spacial score (nSPS) is 11.0. The molecule has 1 aromatic carbocycles. The van der Waals surface area contributed by atoms with Crippen molar-refractivity contribution in [3.63, 3.8) is 0 Å². The summed E-state index contributed by atoms with van der Waals surface area (Å²) in [5.41, 5.74) is 3.13. The van der Waals surface area contributed by atoms with E-state index >= 15 is 0 Å². The minimum atomic E-state index is -0.331. The SMILES string of the molecule is N#Cc1ccc(C(=Cc2ccco2)C(=O)Nc2nncs2)cc1. The molecule has 2 heterocycles. The monoisotopic (exact) mass is 322 g/mol. The van der Waals surface area contributed by atoms with Gasteiger partial charge in [-0.05, 0) is 35.9 Å². The third-order valence-corrected chi connectivity index (χ3v) is 3.59. The molecule has 0 aliphatic heterocycles. The standard InChI is InChI=1S/C16H10N4O2S/c17-9-11-3-5-12(6-4-11)14(8-13-2-1-7-22-13)15(21)19-16-20-18-10-23-16/h1-8,10H,(H,19,20,21). The van der Waals surface area contributed by atoms with Crippen molar-refractivity contribution in [2.75, 3.05) is 5.32 Å². The number of anilines is 1. The lowest BCUT2D eigenvalue weighted by Crippen LogP contribution is -2.13. The average molecular weight is 322 g/mol. The molecular formula is C16H10N4O2S. The lowest BCUT2D eigenvalue weighted by molar-refractivity contribution is -0.111. The fourth-order valence-corrected chi connectivity index (χ4v) is 2.35.